The fraction of sp³-hybridized carbons (Fsp3) is 0.429. The Morgan fingerprint density at radius 3 is 2.48 bits per heavy atom. The van der Waals surface area contributed by atoms with Crippen molar-refractivity contribution in [3.63, 3.8) is 0 Å². The summed E-state index contributed by atoms with van der Waals surface area (Å²) in [6.07, 6.45) is -0.284. The van der Waals surface area contributed by atoms with E-state index in [0.717, 1.165) is 30.6 Å². The molecule has 0 atom stereocenters. The van der Waals surface area contributed by atoms with Crippen LogP contribution in [-0.2, 0) is 19.8 Å². The lowest BCUT2D eigenvalue weighted by atomic mass is 9.86. The Bertz CT molecular complexity index is 1520. The molecule has 0 unspecified atom stereocenters. The molecule has 3 N–H and O–H groups in total. The number of anilines is 1. The van der Waals surface area contributed by atoms with E-state index in [9.17, 15) is 22.8 Å². The van der Waals surface area contributed by atoms with E-state index in [1.165, 1.54) is 30.1 Å². The summed E-state index contributed by atoms with van der Waals surface area (Å²) in [5.74, 6) is -0.967. The number of allylic oxidation sites excluding steroid dienone is 1. The van der Waals surface area contributed by atoms with Gasteiger partial charge in [0, 0.05) is 57.2 Å². The lowest BCUT2D eigenvalue weighted by Crippen LogP contribution is -2.57. The Morgan fingerprint density at radius 1 is 1.19 bits per heavy atom. The van der Waals surface area contributed by atoms with Gasteiger partial charge in [-0.3, -0.25) is 19.2 Å². The van der Waals surface area contributed by atoms with Gasteiger partial charge in [0.1, 0.15) is 0 Å². The van der Waals surface area contributed by atoms with Crippen LogP contribution in [0.3, 0.4) is 0 Å². The topological polar surface area (TPSA) is 114 Å². The molecule has 0 spiro atoms. The number of alkyl halides is 3. The molecule has 3 heterocycles. The summed E-state index contributed by atoms with van der Waals surface area (Å²) >= 11 is 6.45. The summed E-state index contributed by atoms with van der Waals surface area (Å²) in [5.41, 5.74) is 5.94. The Hall–Kier alpha value is -3.68. The average molecular weight is 605 g/mol. The number of aromatic nitrogens is 4. The second-order valence-electron chi connectivity index (χ2n) is 10.9. The SMILES string of the molecule is C=C(C)Cn1cc(-c2cnc(C(=O)Nc3ccc(C(=O)N4CCN(C5CC(N)C5)CC4)c(Cl)c3)n2C)c(C(F)(F)F)n1. The summed E-state index contributed by atoms with van der Waals surface area (Å²) in [5, 5.41) is 6.51. The number of imidazole rings is 1. The molecule has 1 saturated heterocycles. The van der Waals surface area contributed by atoms with Crippen LogP contribution in [-0.4, -0.2) is 79.2 Å². The van der Waals surface area contributed by atoms with Gasteiger partial charge < -0.3 is 20.5 Å². The van der Waals surface area contributed by atoms with Gasteiger partial charge in [0.15, 0.2) is 11.5 Å². The maximum Gasteiger partial charge on any atom is 0.435 e. The average Bonchev–Trinajstić information content (AvgIpc) is 3.49. The zero-order valence-corrected chi connectivity index (χ0v) is 24.0. The number of halogens is 4. The quantitative estimate of drug-likeness (QED) is 0.394. The Balaban J connectivity index is 1.27. The largest absolute Gasteiger partial charge is 0.435 e. The van der Waals surface area contributed by atoms with E-state index in [2.05, 4.69) is 26.9 Å². The van der Waals surface area contributed by atoms with E-state index in [1.54, 1.807) is 24.0 Å². The molecule has 0 bridgehead atoms. The number of amides is 2. The van der Waals surface area contributed by atoms with Crippen LogP contribution in [0.4, 0.5) is 18.9 Å². The zero-order chi connectivity index (χ0) is 30.3. The van der Waals surface area contributed by atoms with Crippen LogP contribution >= 0.6 is 11.6 Å². The number of carbonyl (C=O) groups is 2. The van der Waals surface area contributed by atoms with Crippen molar-refractivity contribution in [2.75, 3.05) is 31.5 Å². The van der Waals surface area contributed by atoms with Gasteiger partial charge in [0.05, 0.1) is 34.6 Å². The number of piperazine rings is 1. The number of rotatable bonds is 7. The van der Waals surface area contributed by atoms with Crippen molar-refractivity contribution < 1.29 is 22.8 Å². The smallest absolute Gasteiger partial charge is 0.336 e. The van der Waals surface area contributed by atoms with Crippen molar-refractivity contribution >= 4 is 29.1 Å². The number of benzene rings is 1. The molecule has 10 nitrogen and oxygen atoms in total. The fourth-order valence-corrected chi connectivity index (χ4v) is 5.65. The maximum absolute atomic E-state index is 13.7. The molecule has 1 saturated carbocycles. The zero-order valence-electron chi connectivity index (χ0n) is 23.3. The molecule has 224 valence electrons. The molecule has 2 aromatic heterocycles. The predicted molar refractivity (Wildman–Crippen MR) is 152 cm³/mol. The number of nitrogens with two attached hydrogens (primary N) is 1. The summed E-state index contributed by atoms with van der Waals surface area (Å²) in [4.78, 5) is 34.4. The molecule has 0 radical (unpaired) electrons. The van der Waals surface area contributed by atoms with Crippen LogP contribution in [0.2, 0.25) is 5.02 Å². The second-order valence-corrected chi connectivity index (χ2v) is 11.3. The number of carbonyl (C=O) groups excluding carboxylic acids is 2. The number of nitrogens with zero attached hydrogens (tertiary/aromatic N) is 6. The highest BCUT2D eigenvalue weighted by Gasteiger charge is 2.39. The lowest BCUT2D eigenvalue weighted by molar-refractivity contribution is -0.141. The minimum atomic E-state index is -4.71. The van der Waals surface area contributed by atoms with Gasteiger partial charge in [-0.25, -0.2) is 4.98 Å². The van der Waals surface area contributed by atoms with Crippen molar-refractivity contribution in [1.29, 1.82) is 0 Å². The molecule has 3 aromatic rings. The molecule has 1 aliphatic heterocycles. The Labute approximate surface area is 245 Å². The van der Waals surface area contributed by atoms with E-state index < -0.39 is 17.8 Å². The predicted octanol–water partition coefficient (Wildman–Crippen LogP) is 4.03. The van der Waals surface area contributed by atoms with E-state index in [4.69, 9.17) is 17.3 Å². The number of nitrogens with one attached hydrogen (secondary N) is 1. The molecule has 2 aliphatic rings. The minimum absolute atomic E-state index is 0.0691. The van der Waals surface area contributed by atoms with Gasteiger partial charge in [0.2, 0.25) is 0 Å². The lowest BCUT2D eigenvalue weighted by Gasteiger charge is -2.45. The van der Waals surface area contributed by atoms with Crippen molar-refractivity contribution in [2.24, 2.45) is 12.8 Å². The van der Waals surface area contributed by atoms with Crippen molar-refractivity contribution in [3.05, 3.63) is 64.8 Å². The molecule has 14 heteroatoms. The highest BCUT2D eigenvalue weighted by Crippen LogP contribution is 2.36. The van der Waals surface area contributed by atoms with Crippen LogP contribution in [0.15, 0.2) is 42.7 Å². The van der Waals surface area contributed by atoms with Crippen molar-refractivity contribution in [3.8, 4) is 11.3 Å². The Morgan fingerprint density at radius 2 is 1.88 bits per heavy atom. The molecule has 5 rings (SSSR count). The van der Waals surface area contributed by atoms with Crippen molar-refractivity contribution in [1.82, 2.24) is 29.1 Å². The van der Waals surface area contributed by atoms with Crippen molar-refractivity contribution in [2.45, 2.75) is 44.6 Å². The van der Waals surface area contributed by atoms with Gasteiger partial charge in [0.25, 0.3) is 11.8 Å². The standard InChI is InChI=1S/C28H32ClF3N8O2/c1-16(2)14-40-15-21(24(36-40)28(30,31)32)23-13-34-25(37(23)3)26(41)35-18-4-5-20(22(29)12-18)27(42)39-8-6-38(7-9-39)19-10-17(33)11-19/h4-5,12-13,15,17,19H,1,6-11,14,33H2,2-3H3,(H,35,41). The molecule has 1 aliphatic carbocycles. The second kappa shape index (κ2) is 11.5. The summed E-state index contributed by atoms with van der Waals surface area (Å²) in [7, 11) is 1.45. The molecule has 2 fully saturated rings. The summed E-state index contributed by atoms with van der Waals surface area (Å²) in [6.45, 7) is 8.24. The van der Waals surface area contributed by atoms with Crippen LogP contribution in [0.1, 0.15) is 46.4 Å². The van der Waals surface area contributed by atoms with Crippen LogP contribution in [0.25, 0.3) is 11.3 Å². The maximum atomic E-state index is 13.7. The molecule has 2 amide bonds. The third kappa shape index (κ3) is 6.08. The van der Waals surface area contributed by atoms with Gasteiger partial charge in [-0.15, -0.1) is 0 Å². The number of hydrogen-bond donors (Lipinski definition) is 2. The van der Waals surface area contributed by atoms with E-state index in [-0.39, 0.29) is 40.6 Å². The molecular formula is C28H32ClF3N8O2. The minimum Gasteiger partial charge on any atom is -0.336 e. The number of hydrogen-bond acceptors (Lipinski definition) is 6. The van der Waals surface area contributed by atoms with Gasteiger partial charge >= 0.3 is 6.18 Å². The summed E-state index contributed by atoms with van der Waals surface area (Å²) < 4.78 is 43.6. The fourth-order valence-electron chi connectivity index (χ4n) is 5.39. The van der Waals surface area contributed by atoms with E-state index in [1.807, 2.05) is 0 Å². The molecular weight excluding hydrogens is 573 g/mol. The first-order chi connectivity index (χ1) is 19.8. The van der Waals surface area contributed by atoms with Crippen LogP contribution in [0, 0.1) is 0 Å². The first-order valence-corrected chi connectivity index (χ1v) is 13.9. The van der Waals surface area contributed by atoms with E-state index in [0.29, 0.717) is 36.0 Å². The normalized spacial score (nSPS) is 19.5. The van der Waals surface area contributed by atoms with Gasteiger partial charge in [-0.2, -0.15) is 18.3 Å². The first kappa shape index (κ1) is 29.8. The Kier molecular flexibility index (Phi) is 8.19. The molecule has 42 heavy (non-hydrogen) atoms. The third-order valence-corrected chi connectivity index (χ3v) is 7.97. The van der Waals surface area contributed by atoms with Gasteiger partial charge in [-0.05, 0) is 38.0 Å². The van der Waals surface area contributed by atoms with Gasteiger partial charge in [-0.1, -0.05) is 23.8 Å². The first-order valence-electron chi connectivity index (χ1n) is 13.5. The third-order valence-electron chi connectivity index (χ3n) is 7.65. The highest BCUT2D eigenvalue weighted by atomic mass is 35.5. The highest BCUT2D eigenvalue weighted by molar-refractivity contribution is 6.34. The summed E-state index contributed by atoms with van der Waals surface area (Å²) in [6, 6.07) is 5.32. The molecule has 1 aromatic carbocycles. The van der Waals surface area contributed by atoms with Crippen LogP contribution < -0.4 is 11.1 Å². The van der Waals surface area contributed by atoms with Crippen LogP contribution in [0.5, 0.6) is 0 Å². The monoisotopic (exact) mass is 604 g/mol. The van der Waals surface area contributed by atoms with E-state index >= 15 is 0 Å².